The molecule has 2 aromatic rings. The Morgan fingerprint density at radius 2 is 1.75 bits per heavy atom. The molecule has 0 spiro atoms. The van der Waals surface area contributed by atoms with Crippen molar-refractivity contribution in [3.05, 3.63) is 59.7 Å². The molecular formula is C21H23N3O4. The molecule has 28 heavy (non-hydrogen) atoms. The smallest absolute Gasteiger partial charge is 0.253 e. The van der Waals surface area contributed by atoms with Crippen LogP contribution in [0.5, 0.6) is 11.5 Å². The van der Waals surface area contributed by atoms with Crippen molar-refractivity contribution in [2.45, 2.75) is 19.8 Å². The van der Waals surface area contributed by atoms with Gasteiger partial charge in [-0.15, -0.1) is 0 Å². The summed E-state index contributed by atoms with van der Waals surface area (Å²) >= 11 is 0. The van der Waals surface area contributed by atoms with Gasteiger partial charge in [-0.25, -0.2) is 5.43 Å². The van der Waals surface area contributed by atoms with E-state index in [1.807, 2.05) is 18.2 Å². The minimum absolute atomic E-state index is 0.0175. The minimum Gasteiger partial charge on any atom is -0.508 e. The molecule has 146 valence electrons. The molecule has 1 fully saturated rings. The Hall–Kier alpha value is -3.35. The van der Waals surface area contributed by atoms with Gasteiger partial charge in [0.05, 0.1) is 5.71 Å². The van der Waals surface area contributed by atoms with Gasteiger partial charge in [0.2, 0.25) is 5.91 Å². The molecule has 1 heterocycles. The summed E-state index contributed by atoms with van der Waals surface area (Å²) in [7, 11) is 0. The average molecular weight is 381 g/mol. The first-order valence-electron chi connectivity index (χ1n) is 9.16. The largest absolute Gasteiger partial charge is 0.508 e. The molecule has 2 amide bonds. The second-order valence-corrected chi connectivity index (χ2v) is 6.81. The Morgan fingerprint density at radius 3 is 2.39 bits per heavy atom. The van der Waals surface area contributed by atoms with Crippen LogP contribution < -0.4 is 5.43 Å². The first-order valence-corrected chi connectivity index (χ1v) is 9.16. The molecule has 3 N–H and O–H groups in total. The molecule has 0 bridgehead atoms. The van der Waals surface area contributed by atoms with Crippen LogP contribution in [0.1, 0.15) is 35.7 Å². The Labute approximate surface area is 163 Å². The zero-order valence-corrected chi connectivity index (χ0v) is 15.6. The first-order chi connectivity index (χ1) is 13.5. The molecule has 1 aliphatic rings. The summed E-state index contributed by atoms with van der Waals surface area (Å²) in [4.78, 5) is 26.6. The van der Waals surface area contributed by atoms with E-state index in [0.717, 1.165) is 0 Å². The maximum Gasteiger partial charge on any atom is 0.253 e. The second kappa shape index (κ2) is 8.56. The van der Waals surface area contributed by atoms with Gasteiger partial charge in [-0.05, 0) is 44.0 Å². The van der Waals surface area contributed by atoms with Crippen molar-refractivity contribution in [2.24, 2.45) is 11.0 Å². The lowest BCUT2D eigenvalue weighted by molar-refractivity contribution is -0.126. The molecule has 0 aliphatic carbocycles. The number of piperidine rings is 1. The molecule has 2 aromatic carbocycles. The van der Waals surface area contributed by atoms with Crippen LogP contribution in [0.25, 0.3) is 0 Å². The van der Waals surface area contributed by atoms with Gasteiger partial charge in [0.1, 0.15) is 11.5 Å². The van der Waals surface area contributed by atoms with Gasteiger partial charge >= 0.3 is 0 Å². The topological polar surface area (TPSA) is 102 Å². The van der Waals surface area contributed by atoms with Gasteiger partial charge in [0, 0.05) is 36.2 Å². The molecule has 3 rings (SSSR count). The standard InChI is InChI=1S/C21H23N3O4/c1-14(18-8-7-17(25)13-19(18)26)22-23-20(27)15-9-11-24(12-10-15)21(28)16-5-3-2-4-6-16/h2-8,13,15,25-26H,9-12H2,1H3,(H,23,27)/b22-14-. The number of phenols is 2. The molecule has 0 aromatic heterocycles. The fourth-order valence-corrected chi connectivity index (χ4v) is 3.22. The predicted molar refractivity (Wildman–Crippen MR) is 105 cm³/mol. The van der Waals surface area contributed by atoms with Crippen LogP contribution >= 0.6 is 0 Å². The van der Waals surface area contributed by atoms with Crippen molar-refractivity contribution in [1.29, 1.82) is 0 Å². The van der Waals surface area contributed by atoms with E-state index in [2.05, 4.69) is 10.5 Å². The summed E-state index contributed by atoms with van der Waals surface area (Å²) in [6.07, 6.45) is 1.15. The molecule has 1 aliphatic heterocycles. The minimum atomic E-state index is -0.218. The van der Waals surface area contributed by atoms with Crippen molar-refractivity contribution >= 4 is 17.5 Å². The van der Waals surface area contributed by atoms with E-state index in [-0.39, 0.29) is 29.2 Å². The van der Waals surface area contributed by atoms with E-state index < -0.39 is 0 Å². The Morgan fingerprint density at radius 1 is 1.07 bits per heavy atom. The van der Waals surface area contributed by atoms with Gasteiger partial charge < -0.3 is 15.1 Å². The highest BCUT2D eigenvalue weighted by atomic mass is 16.3. The Kier molecular flexibility index (Phi) is 5.93. The van der Waals surface area contributed by atoms with Crippen LogP contribution in [-0.2, 0) is 4.79 Å². The van der Waals surface area contributed by atoms with E-state index >= 15 is 0 Å². The van der Waals surface area contributed by atoms with Crippen molar-refractivity contribution in [3.63, 3.8) is 0 Å². The van der Waals surface area contributed by atoms with E-state index in [4.69, 9.17) is 0 Å². The Bertz CT molecular complexity index is 888. The normalized spacial score (nSPS) is 15.3. The van der Waals surface area contributed by atoms with Crippen molar-refractivity contribution in [2.75, 3.05) is 13.1 Å². The molecule has 0 saturated carbocycles. The second-order valence-electron chi connectivity index (χ2n) is 6.81. The average Bonchev–Trinajstić information content (AvgIpc) is 2.72. The maximum absolute atomic E-state index is 12.5. The monoisotopic (exact) mass is 381 g/mol. The number of phenolic OH excluding ortho intramolecular Hbond substituents is 2. The maximum atomic E-state index is 12.5. The SMILES string of the molecule is C/C(=N/NC(=O)C1CCN(C(=O)c2ccccc2)CC1)c1ccc(O)cc1O. The van der Waals surface area contributed by atoms with Gasteiger partial charge in [-0.1, -0.05) is 18.2 Å². The van der Waals surface area contributed by atoms with Crippen molar-refractivity contribution < 1.29 is 19.8 Å². The van der Waals surface area contributed by atoms with Crippen LogP contribution in [-0.4, -0.2) is 45.7 Å². The van der Waals surface area contributed by atoms with Gasteiger partial charge in [-0.3, -0.25) is 9.59 Å². The van der Waals surface area contributed by atoms with E-state index in [9.17, 15) is 19.8 Å². The van der Waals surface area contributed by atoms with Gasteiger partial charge in [-0.2, -0.15) is 5.10 Å². The number of carbonyl (C=O) groups excluding carboxylic acids is 2. The molecule has 7 nitrogen and oxygen atoms in total. The predicted octanol–water partition coefficient (Wildman–Crippen LogP) is 2.49. The number of nitrogens with one attached hydrogen (secondary N) is 1. The van der Waals surface area contributed by atoms with E-state index in [0.29, 0.717) is 42.8 Å². The number of hydrogen-bond acceptors (Lipinski definition) is 5. The molecule has 0 radical (unpaired) electrons. The third kappa shape index (κ3) is 4.49. The van der Waals surface area contributed by atoms with Crippen LogP contribution in [0.2, 0.25) is 0 Å². The van der Waals surface area contributed by atoms with Gasteiger partial charge in [0.15, 0.2) is 0 Å². The number of likely N-dealkylation sites (tertiary alicyclic amines) is 1. The number of amides is 2. The van der Waals surface area contributed by atoms with Crippen LogP contribution in [0.3, 0.4) is 0 Å². The summed E-state index contributed by atoms with van der Waals surface area (Å²) in [5.41, 5.74) is 4.06. The lowest BCUT2D eigenvalue weighted by Gasteiger charge is -2.31. The summed E-state index contributed by atoms with van der Waals surface area (Å²) in [6.45, 7) is 2.70. The zero-order chi connectivity index (χ0) is 20.1. The summed E-state index contributed by atoms with van der Waals surface area (Å²) in [6, 6.07) is 13.3. The highest BCUT2D eigenvalue weighted by molar-refractivity contribution is 6.01. The van der Waals surface area contributed by atoms with Crippen molar-refractivity contribution in [1.82, 2.24) is 10.3 Å². The van der Waals surface area contributed by atoms with Crippen LogP contribution in [0, 0.1) is 5.92 Å². The third-order valence-corrected chi connectivity index (χ3v) is 4.88. The fourth-order valence-electron chi connectivity index (χ4n) is 3.22. The number of rotatable bonds is 4. The zero-order valence-electron chi connectivity index (χ0n) is 15.6. The van der Waals surface area contributed by atoms with E-state index in [1.54, 1.807) is 24.0 Å². The number of aromatic hydroxyl groups is 2. The summed E-state index contributed by atoms with van der Waals surface area (Å²) < 4.78 is 0. The molecular weight excluding hydrogens is 358 g/mol. The lowest BCUT2D eigenvalue weighted by Crippen LogP contribution is -2.42. The fraction of sp³-hybridized carbons (Fsp3) is 0.286. The number of nitrogens with zero attached hydrogens (tertiary/aromatic N) is 2. The third-order valence-electron chi connectivity index (χ3n) is 4.88. The van der Waals surface area contributed by atoms with Crippen molar-refractivity contribution in [3.8, 4) is 11.5 Å². The molecule has 0 unspecified atom stereocenters. The number of hydrogen-bond donors (Lipinski definition) is 3. The highest BCUT2D eigenvalue weighted by Gasteiger charge is 2.27. The molecule has 0 atom stereocenters. The quantitative estimate of drug-likeness (QED) is 0.559. The molecule has 1 saturated heterocycles. The van der Waals surface area contributed by atoms with Crippen LogP contribution in [0.15, 0.2) is 53.6 Å². The number of benzene rings is 2. The number of carbonyl (C=O) groups is 2. The summed E-state index contributed by atoms with van der Waals surface area (Å²) in [5, 5.41) is 23.3. The molecule has 7 heteroatoms. The van der Waals surface area contributed by atoms with Crippen LogP contribution in [0.4, 0.5) is 0 Å². The lowest BCUT2D eigenvalue weighted by atomic mass is 9.95. The number of hydrazone groups is 1. The summed E-state index contributed by atoms with van der Waals surface area (Å²) in [5.74, 6) is -0.594. The first kappa shape index (κ1) is 19.4. The Balaban J connectivity index is 1.54. The van der Waals surface area contributed by atoms with E-state index in [1.165, 1.54) is 18.2 Å². The van der Waals surface area contributed by atoms with Gasteiger partial charge in [0.25, 0.3) is 5.91 Å². The highest BCUT2D eigenvalue weighted by Crippen LogP contribution is 2.23.